The highest BCUT2D eigenvalue weighted by Gasteiger charge is 2.31. The Balaban J connectivity index is 1.39. The van der Waals surface area contributed by atoms with E-state index in [2.05, 4.69) is 33.8 Å². The summed E-state index contributed by atoms with van der Waals surface area (Å²) in [6.45, 7) is 9.74. The molecule has 33 heavy (non-hydrogen) atoms. The first-order valence-corrected chi connectivity index (χ1v) is 11.5. The van der Waals surface area contributed by atoms with E-state index in [9.17, 15) is 4.79 Å². The van der Waals surface area contributed by atoms with Crippen LogP contribution in [-0.2, 0) is 0 Å². The van der Waals surface area contributed by atoms with E-state index >= 15 is 0 Å². The third-order valence-corrected chi connectivity index (χ3v) is 6.53. The van der Waals surface area contributed by atoms with Crippen molar-refractivity contribution in [3.63, 3.8) is 0 Å². The van der Waals surface area contributed by atoms with Crippen LogP contribution in [0.15, 0.2) is 53.2 Å². The molecule has 4 heterocycles. The minimum absolute atomic E-state index is 0.0156. The number of aromatic nitrogens is 4. The molecule has 0 aliphatic carbocycles. The third-order valence-electron chi connectivity index (χ3n) is 6.53. The Bertz CT molecular complexity index is 1260. The second-order valence-corrected chi connectivity index (χ2v) is 8.36. The minimum atomic E-state index is 0.0156. The van der Waals surface area contributed by atoms with E-state index in [4.69, 9.17) is 4.42 Å². The molecule has 1 unspecified atom stereocenters. The van der Waals surface area contributed by atoms with Crippen molar-refractivity contribution < 1.29 is 9.21 Å². The number of carbonyl (C=O) groups is 1. The number of nitrogens with zero attached hydrogens (tertiary/aromatic N) is 6. The smallest absolute Gasteiger partial charge is 0.257 e. The zero-order chi connectivity index (χ0) is 22.9. The third kappa shape index (κ3) is 3.91. The molecule has 1 atom stereocenters. The molecule has 1 saturated heterocycles. The molecule has 1 fully saturated rings. The van der Waals surface area contributed by atoms with E-state index in [0.717, 1.165) is 49.3 Å². The number of rotatable bonds is 6. The van der Waals surface area contributed by atoms with Crippen LogP contribution in [0, 0.1) is 6.92 Å². The highest BCUT2D eigenvalue weighted by Crippen LogP contribution is 2.27. The second-order valence-electron chi connectivity index (χ2n) is 8.36. The van der Waals surface area contributed by atoms with E-state index in [-0.39, 0.29) is 5.91 Å². The van der Waals surface area contributed by atoms with Gasteiger partial charge in [-0.05, 0) is 44.6 Å². The number of para-hydroxylation sites is 1. The highest BCUT2D eigenvalue weighted by molar-refractivity contribution is 5.95. The van der Waals surface area contributed by atoms with Gasteiger partial charge in [-0.1, -0.05) is 32.0 Å². The summed E-state index contributed by atoms with van der Waals surface area (Å²) in [6, 6.07) is 12.0. The Hall–Kier alpha value is -3.52. The van der Waals surface area contributed by atoms with Crippen LogP contribution in [0.2, 0.25) is 0 Å². The predicted molar refractivity (Wildman–Crippen MR) is 126 cm³/mol. The SMILES string of the molecule is CCN(CC)C1CCN(C(=O)c2cnn(-c3nccc(-c4cc5ccccc5o4)n3)c2C)C1. The van der Waals surface area contributed by atoms with Crippen LogP contribution < -0.4 is 0 Å². The van der Waals surface area contributed by atoms with E-state index < -0.39 is 0 Å². The number of hydrogen-bond donors (Lipinski definition) is 0. The molecule has 1 aliphatic heterocycles. The Morgan fingerprint density at radius 2 is 2.03 bits per heavy atom. The first-order valence-electron chi connectivity index (χ1n) is 11.5. The number of likely N-dealkylation sites (tertiary alicyclic amines) is 1. The number of furan rings is 1. The quantitative estimate of drug-likeness (QED) is 0.448. The average Bonchev–Trinajstić information content (AvgIpc) is 3.58. The number of likely N-dealkylation sites (N-methyl/N-ethyl adjacent to an activating group) is 1. The van der Waals surface area contributed by atoms with E-state index in [1.807, 2.05) is 48.2 Å². The van der Waals surface area contributed by atoms with Gasteiger partial charge in [0.05, 0.1) is 17.5 Å². The first kappa shape index (κ1) is 21.3. The van der Waals surface area contributed by atoms with Gasteiger partial charge in [0.1, 0.15) is 11.3 Å². The van der Waals surface area contributed by atoms with Crippen LogP contribution in [0.1, 0.15) is 36.3 Å². The standard InChI is InChI=1S/C25H28N6O2/c1-4-29(5-2)19-11-13-30(16-19)24(32)20-15-27-31(17(20)3)25-26-12-10-21(28-25)23-14-18-8-6-7-9-22(18)33-23/h6-10,12,14-15,19H,4-5,11,13,16H2,1-3H3. The molecule has 5 rings (SSSR count). The molecule has 0 saturated carbocycles. The molecule has 1 aromatic carbocycles. The lowest BCUT2D eigenvalue weighted by Crippen LogP contribution is -2.38. The fourth-order valence-corrected chi connectivity index (χ4v) is 4.65. The molecule has 3 aromatic heterocycles. The molecule has 0 N–H and O–H groups in total. The molecule has 8 heteroatoms. The Morgan fingerprint density at radius 1 is 1.21 bits per heavy atom. The van der Waals surface area contributed by atoms with Crippen LogP contribution in [0.3, 0.4) is 0 Å². The number of hydrogen-bond acceptors (Lipinski definition) is 6. The number of benzene rings is 1. The molecule has 0 spiro atoms. The fraction of sp³-hybridized carbons (Fsp3) is 0.360. The van der Waals surface area contributed by atoms with Gasteiger partial charge in [0, 0.05) is 30.7 Å². The lowest BCUT2D eigenvalue weighted by Gasteiger charge is -2.26. The van der Waals surface area contributed by atoms with Crippen molar-refractivity contribution in [2.75, 3.05) is 26.2 Å². The van der Waals surface area contributed by atoms with Crippen LogP contribution in [0.4, 0.5) is 0 Å². The molecule has 4 aromatic rings. The first-order chi connectivity index (χ1) is 16.1. The maximum Gasteiger partial charge on any atom is 0.257 e. The summed E-state index contributed by atoms with van der Waals surface area (Å²) in [4.78, 5) is 26.6. The van der Waals surface area contributed by atoms with Crippen LogP contribution in [0.25, 0.3) is 28.4 Å². The van der Waals surface area contributed by atoms with Crippen LogP contribution >= 0.6 is 0 Å². The van der Waals surface area contributed by atoms with Crippen molar-refractivity contribution in [2.45, 2.75) is 33.2 Å². The molecule has 1 aliphatic rings. The maximum absolute atomic E-state index is 13.2. The summed E-state index contributed by atoms with van der Waals surface area (Å²) in [5, 5.41) is 5.46. The second kappa shape index (κ2) is 8.78. The summed E-state index contributed by atoms with van der Waals surface area (Å²) in [5.41, 5.74) is 2.80. The van der Waals surface area contributed by atoms with Gasteiger partial charge in [-0.25, -0.2) is 14.6 Å². The fourth-order valence-electron chi connectivity index (χ4n) is 4.65. The lowest BCUT2D eigenvalue weighted by atomic mass is 10.2. The minimum Gasteiger partial charge on any atom is -0.454 e. The molecule has 1 amide bonds. The maximum atomic E-state index is 13.2. The zero-order valence-electron chi connectivity index (χ0n) is 19.2. The van der Waals surface area contributed by atoms with Gasteiger partial charge in [-0.15, -0.1) is 0 Å². The van der Waals surface area contributed by atoms with Gasteiger partial charge in [-0.3, -0.25) is 9.69 Å². The van der Waals surface area contributed by atoms with E-state index in [1.165, 1.54) is 0 Å². The normalized spacial score (nSPS) is 16.2. The van der Waals surface area contributed by atoms with Crippen LogP contribution in [-0.4, -0.2) is 67.7 Å². The number of fused-ring (bicyclic) bond motifs is 1. The van der Waals surface area contributed by atoms with Crippen LogP contribution in [0.5, 0.6) is 0 Å². The molecule has 8 nitrogen and oxygen atoms in total. The van der Waals surface area contributed by atoms with Crippen molar-refractivity contribution in [1.82, 2.24) is 29.5 Å². The summed E-state index contributed by atoms with van der Waals surface area (Å²) in [7, 11) is 0. The molecule has 170 valence electrons. The highest BCUT2D eigenvalue weighted by atomic mass is 16.3. The monoisotopic (exact) mass is 444 g/mol. The summed E-state index contributed by atoms with van der Waals surface area (Å²) >= 11 is 0. The van der Waals surface area contributed by atoms with Gasteiger partial charge >= 0.3 is 0 Å². The number of amides is 1. The number of carbonyl (C=O) groups excluding carboxylic acids is 1. The van der Waals surface area contributed by atoms with Crippen molar-refractivity contribution in [3.05, 3.63) is 60.0 Å². The summed E-state index contributed by atoms with van der Waals surface area (Å²) in [5.74, 6) is 1.09. The molecular formula is C25H28N6O2. The summed E-state index contributed by atoms with van der Waals surface area (Å²) < 4.78 is 7.57. The molecule has 0 bridgehead atoms. The Labute approximate surface area is 192 Å². The zero-order valence-corrected chi connectivity index (χ0v) is 19.2. The van der Waals surface area contributed by atoms with Gasteiger partial charge < -0.3 is 9.32 Å². The average molecular weight is 445 g/mol. The van der Waals surface area contributed by atoms with Gasteiger partial charge in [-0.2, -0.15) is 5.10 Å². The largest absolute Gasteiger partial charge is 0.454 e. The molecule has 0 radical (unpaired) electrons. The van der Waals surface area contributed by atoms with Crippen molar-refractivity contribution in [2.24, 2.45) is 0 Å². The van der Waals surface area contributed by atoms with Gasteiger partial charge in [0.25, 0.3) is 11.9 Å². The van der Waals surface area contributed by atoms with E-state index in [0.29, 0.717) is 29.0 Å². The summed E-state index contributed by atoms with van der Waals surface area (Å²) in [6.07, 6.45) is 4.31. The lowest BCUT2D eigenvalue weighted by molar-refractivity contribution is 0.0777. The predicted octanol–water partition coefficient (Wildman–Crippen LogP) is 3.94. The van der Waals surface area contributed by atoms with Gasteiger partial charge in [0.2, 0.25) is 0 Å². The Kier molecular flexibility index (Phi) is 5.68. The van der Waals surface area contributed by atoms with Gasteiger partial charge in [0.15, 0.2) is 5.76 Å². The van der Waals surface area contributed by atoms with Crippen molar-refractivity contribution in [3.8, 4) is 17.4 Å². The Morgan fingerprint density at radius 3 is 2.82 bits per heavy atom. The van der Waals surface area contributed by atoms with Crippen molar-refractivity contribution in [1.29, 1.82) is 0 Å². The van der Waals surface area contributed by atoms with Crippen molar-refractivity contribution >= 4 is 16.9 Å². The molecular weight excluding hydrogens is 416 g/mol. The topological polar surface area (TPSA) is 80.3 Å². The van der Waals surface area contributed by atoms with E-state index in [1.54, 1.807) is 17.1 Å².